The zero-order chi connectivity index (χ0) is 10.3. The molecule has 0 radical (unpaired) electrons. The first-order valence-corrected chi connectivity index (χ1v) is 5.54. The van der Waals surface area contributed by atoms with Crippen LogP contribution in [0.1, 0.15) is 12.8 Å². The zero-order valence-electron chi connectivity index (χ0n) is 9.89. The van der Waals surface area contributed by atoms with Gasteiger partial charge in [-0.3, -0.25) is 0 Å². The predicted octanol–water partition coefficient (Wildman–Crippen LogP) is -1.35. The standard InChI is InChI=1S/C10H24ClN2.ClH/c1-12(8-5-7-11)9-6-10-13(2,3)4;/h5-10H2,1-4H3;1H/q+1;/p-1. The number of hydrogen-bond donors (Lipinski definition) is 0. The molecule has 14 heavy (non-hydrogen) atoms. The van der Waals surface area contributed by atoms with Gasteiger partial charge in [0.15, 0.2) is 0 Å². The predicted molar refractivity (Wildman–Crippen MR) is 60.4 cm³/mol. The van der Waals surface area contributed by atoms with E-state index >= 15 is 0 Å². The highest BCUT2D eigenvalue weighted by molar-refractivity contribution is 6.17. The van der Waals surface area contributed by atoms with Crippen LogP contribution in [0.15, 0.2) is 0 Å². The minimum atomic E-state index is 0. The molecule has 0 aliphatic rings. The van der Waals surface area contributed by atoms with Crippen molar-refractivity contribution in [2.75, 3.05) is 53.7 Å². The van der Waals surface area contributed by atoms with Crippen molar-refractivity contribution in [3.63, 3.8) is 0 Å². The van der Waals surface area contributed by atoms with Gasteiger partial charge in [0.25, 0.3) is 0 Å². The van der Waals surface area contributed by atoms with Gasteiger partial charge in [0, 0.05) is 18.8 Å². The third kappa shape index (κ3) is 12.5. The lowest BCUT2D eigenvalue weighted by Crippen LogP contribution is -3.00. The molecule has 2 nitrogen and oxygen atoms in total. The summed E-state index contributed by atoms with van der Waals surface area (Å²) in [4.78, 5) is 2.36. The summed E-state index contributed by atoms with van der Waals surface area (Å²) in [5.74, 6) is 0.777. The van der Waals surface area contributed by atoms with Crippen LogP contribution >= 0.6 is 11.6 Å². The molecule has 0 heterocycles. The average Bonchev–Trinajstić information content (AvgIpc) is 1.98. The highest BCUT2D eigenvalue weighted by Crippen LogP contribution is 1.96. The topological polar surface area (TPSA) is 3.24 Å². The number of alkyl halides is 1. The van der Waals surface area contributed by atoms with Gasteiger partial charge in [0.05, 0.1) is 27.7 Å². The first kappa shape index (κ1) is 16.9. The van der Waals surface area contributed by atoms with Crippen LogP contribution in [-0.4, -0.2) is 63.1 Å². The van der Waals surface area contributed by atoms with Gasteiger partial charge in [-0.25, -0.2) is 0 Å². The quantitative estimate of drug-likeness (QED) is 0.395. The first-order chi connectivity index (χ1) is 5.95. The third-order valence-electron chi connectivity index (χ3n) is 2.04. The fourth-order valence-electron chi connectivity index (χ4n) is 1.26. The fourth-order valence-corrected chi connectivity index (χ4v) is 1.38. The van der Waals surface area contributed by atoms with Crippen molar-refractivity contribution in [2.24, 2.45) is 0 Å². The molecule has 0 rings (SSSR count). The Balaban J connectivity index is 0. The van der Waals surface area contributed by atoms with E-state index in [-0.39, 0.29) is 12.4 Å². The van der Waals surface area contributed by atoms with Gasteiger partial charge in [0.2, 0.25) is 0 Å². The van der Waals surface area contributed by atoms with Crippen molar-refractivity contribution in [2.45, 2.75) is 12.8 Å². The summed E-state index contributed by atoms with van der Waals surface area (Å²) in [6.45, 7) is 3.55. The van der Waals surface area contributed by atoms with E-state index in [1.54, 1.807) is 0 Å². The van der Waals surface area contributed by atoms with Crippen molar-refractivity contribution >= 4 is 11.6 Å². The second-order valence-electron chi connectivity index (χ2n) is 4.71. The lowest BCUT2D eigenvalue weighted by molar-refractivity contribution is -0.870. The molecule has 88 valence electrons. The second-order valence-corrected chi connectivity index (χ2v) is 5.09. The molecule has 0 atom stereocenters. The summed E-state index contributed by atoms with van der Waals surface area (Å²) in [6, 6.07) is 0. The Kier molecular flexibility index (Phi) is 10.6. The molecular formula is C10H24Cl2N2. The Morgan fingerprint density at radius 1 is 1.07 bits per heavy atom. The van der Waals surface area contributed by atoms with E-state index < -0.39 is 0 Å². The molecule has 0 bridgehead atoms. The minimum absolute atomic E-state index is 0. The number of rotatable bonds is 7. The lowest BCUT2D eigenvalue weighted by atomic mass is 10.3. The SMILES string of the molecule is CN(CCCCl)CCC[N+](C)(C)C.[Cl-]. The molecule has 0 aliphatic heterocycles. The summed E-state index contributed by atoms with van der Waals surface area (Å²) < 4.78 is 1.06. The monoisotopic (exact) mass is 242 g/mol. The van der Waals surface area contributed by atoms with E-state index in [9.17, 15) is 0 Å². The molecule has 0 unspecified atom stereocenters. The van der Waals surface area contributed by atoms with Crippen molar-refractivity contribution in [3.05, 3.63) is 0 Å². The maximum absolute atomic E-state index is 5.62. The van der Waals surface area contributed by atoms with Crippen molar-refractivity contribution < 1.29 is 16.9 Å². The average molecular weight is 243 g/mol. The molecule has 0 fully saturated rings. The molecule has 0 N–H and O–H groups in total. The minimum Gasteiger partial charge on any atom is -1.00 e. The summed E-state index contributed by atoms with van der Waals surface area (Å²) in [6.07, 6.45) is 2.37. The number of hydrogen-bond acceptors (Lipinski definition) is 1. The molecule has 4 heteroatoms. The molecule has 0 spiro atoms. The largest absolute Gasteiger partial charge is 1.00 e. The van der Waals surface area contributed by atoms with Gasteiger partial charge in [-0.2, -0.15) is 0 Å². The Labute approximate surface area is 100 Å². The Bertz CT molecular complexity index is 124. The molecular weight excluding hydrogens is 219 g/mol. The van der Waals surface area contributed by atoms with E-state index in [0.717, 1.165) is 23.3 Å². The molecule has 0 saturated carbocycles. The van der Waals surface area contributed by atoms with Gasteiger partial charge in [0.1, 0.15) is 0 Å². The van der Waals surface area contributed by atoms with Crippen LogP contribution in [0.2, 0.25) is 0 Å². The van der Waals surface area contributed by atoms with Gasteiger partial charge in [-0.15, -0.1) is 11.6 Å². The maximum atomic E-state index is 5.62. The third-order valence-corrected chi connectivity index (χ3v) is 2.31. The van der Waals surface area contributed by atoms with Gasteiger partial charge in [-0.1, -0.05) is 0 Å². The van der Waals surface area contributed by atoms with Crippen molar-refractivity contribution in [1.29, 1.82) is 0 Å². The van der Waals surface area contributed by atoms with Crippen LogP contribution in [-0.2, 0) is 0 Å². The molecule has 0 aromatic carbocycles. The smallest absolute Gasteiger partial charge is 0.0792 e. The van der Waals surface area contributed by atoms with Crippen molar-refractivity contribution in [3.8, 4) is 0 Å². The summed E-state index contributed by atoms with van der Waals surface area (Å²) >= 11 is 5.62. The molecule has 0 aliphatic carbocycles. The maximum Gasteiger partial charge on any atom is 0.0792 e. The fraction of sp³-hybridized carbons (Fsp3) is 1.00. The summed E-state index contributed by atoms with van der Waals surface area (Å²) in [7, 11) is 8.87. The van der Waals surface area contributed by atoms with E-state index in [1.165, 1.54) is 19.5 Å². The van der Waals surface area contributed by atoms with Crippen LogP contribution < -0.4 is 12.4 Å². The number of quaternary nitrogens is 1. The molecule has 0 saturated heterocycles. The summed E-state index contributed by atoms with van der Waals surface area (Å²) in [5, 5.41) is 0. The normalized spacial score (nSPS) is 11.6. The Morgan fingerprint density at radius 2 is 1.57 bits per heavy atom. The van der Waals surface area contributed by atoms with E-state index in [1.807, 2.05) is 0 Å². The van der Waals surface area contributed by atoms with E-state index in [4.69, 9.17) is 11.6 Å². The molecule has 0 aromatic rings. The van der Waals surface area contributed by atoms with Gasteiger partial charge >= 0.3 is 0 Å². The lowest BCUT2D eigenvalue weighted by Gasteiger charge is -2.25. The van der Waals surface area contributed by atoms with Crippen LogP contribution in [0.5, 0.6) is 0 Å². The number of halogens is 2. The van der Waals surface area contributed by atoms with Crippen LogP contribution in [0.25, 0.3) is 0 Å². The number of nitrogens with zero attached hydrogens (tertiary/aromatic N) is 2. The summed E-state index contributed by atoms with van der Waals surface area (Å²) in [5.41, 5.74) is 0. The Morgan fingerprint density at radius 3 is 2.00 bits per heavy atom. The first-order valence-electron chi connectivity index (χ1n) is 5.00. The molecule has 0 amide bonds. The Hall–Kier alpha value is 0.500. The van der Waals surface area contributed by atoms with Gasteiger partial charge < -0.3 is 21.8 Å². The highest BCUT2D eigenvalue weighted by Gasteiger charge is 2.06. The van der Waals surface area contributed by atoms with Crippen LogP contribution in [0.4, 0.5) is 0 Å². The van der Waals surface area contributed by atoms with E-state index in [2.05, 4.69) is 33.1 Å². The van der Waals surface area contributed by atoms with Crippen LogP contribution in [0.3, 0.4) is 0 Å². The van der Waals surface area contributed by atoms with Crippen LogP contribution in [0, 0.1) is 0 Å². The highest BCUT2D eigenvalue weighted by atomic mass is 35.5. The van der Waals surface area contributed by atoms with Crippen molar-refractivity contribution in [1.82, 2.24) is 4.90 Å². The zero-order valence-corrected chi connectivity index (χ0v) is 11.4. The second kappa shape index (κ2) is 8.78. The van der Waals surface area contributed by atoms with Gasteiger partial charge in [-0.05, 0) is 20.0 Å². The van der Waals surface area contributed by atoms with E-state index in [0.29, 0.717) is 0 Å². The molecule has 0 aromatic heterocycles.